The monoisotopic (exact) mass is 230 g/mol. The van der Waals surface area contributed by atoms with Crippen molar-refractivity contribution in [2.45, 2.75) is 72.1 Å². The Morgan fingerprint density at radius 1 is 0.600 bits per heavy atom. The van der Waals surface area contributed by atoms with E-state index in [1.165, 1.54) is 57.5 Å². The lowest BCUT2D eigenvalue weighted by atomic mass is 10.2. The van der Waals surface area contributed by atoms with Crippen LogP contribution in [0.5, 0.6) is 0 Å². The van der Waals surface area contributed by atoms with Crippen LogP contribution in [0.15, 0.2) is 0 Å². The van der Waals surface area contributed by atoms with E-state index in [0.29, 0.717) is 7.92 Å². The molecule has 0 fully saturated rings. The summed E-state index contributed by atoms with van der Waals surface area (Å²) in [6, 6.07) is 0. The summed E-state index contributed by atoms with van der Waals surface area (Å²) in [4.78, 5) is 0. The summed E-state index contributed by atoms with van der Waals surface area (Å²) in [6.07, 6.45) is 16.2. The van der Waals surface area contributed by atoms with Crippen molar-refractivity contribution in [2.24, 2.45) is 0 Å². The van der Waals surface area contributed by atoms with Crippen molar-refractivity contribution in [3.05, 3.63) is 0 Å². The third kappa shape index (κ3) is 10.7. The van der Waals surface area contributed by atoms with Crippen molar-refractivity contribution in [1.82, 2.24) is 0 Å². The first-order valence-electron chi connectivity index (χ1n) is 7.07. The number of hydrogen-bond acceptors (Lipinski definition) is 0. The average Bonchev–Trinajstić information content (AvgIpc) is 2.26. The molecule has 1 unspecified atom stereocenters. The zero-order chi connectivity index (χ0) is 11.4. The Morgan fingerprint density at radius 2 is 1.07 bits per heavy atom. The molecule has 0 bridgehead atoms. The molecule has 0 nitrogen and oxygen atoms in total. The van der Waals surface area contributed by atoms with Gasteiger partial charge in [-0.05, 0) is 31.3 Å². The Hall–Kier alpha value is 0.430. The standard InChI is InChI=1S/C14H31P/c1-4-7-9-10-12-14-15(6-3)13-11-8-5-2/h4-14H2,1-3H3. The van der Waals surface area contributed by atoms with Crippen LogP contribution in [0.25, 0.3) is 0 Å². The smallest absolute Gasteiger partial charge is 0.0326 e. The number of unbranched alkanes of at least 4 members (excludes halogenated alkanes) is 6. The zero-order valence-electron chi connectivity index (χ0n) is 11.2. The fraction of sp³-hybridized carbons (Fsp3) is 1.00. The number of hydrogen-bond donors (Lipinski definition) is 0. The average molecular weight is 230 g/mol. The van der Waals surface area contributed by atoms with Crippen LogP contribution >= 0.6 is 7.92 Å². The molecule has 0 aromatic heterocycles. The normalized spacial score (nSPS) is 13.0. The molecule has 0 saturated heterocycles. The van der Waals surface area contributed by atoms with E-state index in [4.69, 9.17) is 0 Å². The van der Waals surface area contributed by atoms with Gasteiger partial charge < -0.3 is 0 Å². The van der Waals surface area contributed by atoms with Gasteiger partial charge in [0.25, 0.3) is 0 Å². The van der Waals surface area contributed by atoms with E-state index in [-0.39, 0.29) is 0 Å². The van der Waals surface area contributed by atoms with Crippen molar-refractivity contribution in [3.8, 4) is 0 Å². The summed E-state index contributed by atoms with van der Waals surface area (Å²) in [5.74, 6) is 0. The highest BCUT2D eigenvalue weighted by Crippen LogP contribution is 2.37. The first-order chi connectivity index (χ1) is 7.35. The molecule has 0 amide bonds. The highest BCUT2D eigenvalue weighted by atomic mass is 31.1. The van der Waals surface area contributed by atoms with E-state index in [1.54, 1.807) is 12.3 Å². The topological polar surface area (TPSA) is 0 Å². The Balaban J connectivity index is 3.28. The minimum absolute atomic E-state index is 0.409. The molecule has 0 aromatic rings. The zero-order valence-corrected chi connectivity index (χ0v) is 12.1. The molecule has 0 aliphatic carbocycles. The van der Waals surface area contributed by atoms with E-state index in [9.17, 15) is 0 Å². The van der Waals surface area contributed by atoms with Gasteiger partial charge in [-0.25, -0.2) is 0 Å². The molecule has 0 saturated carbocycles. The summed E-state index contributed by atoms with van der Waals surface area (Å²) < 4.78 is 0. The lowest BCUT2D eigenvalue weighted by Crippen LogP contribution is -1.93. The Labute approximate surface area is 99.0 Å². The molecule has 0 aliphatic rings. The highest BCUT2D eigenvalue weighted by molar-refractivity contribution is 7.57. The van der Waals surface area contributed by atoms with Gasteiger partial charge >= 0.3 is 0 Å². The lowest BCUT2D eigenvalue weighted by Gasteiger charge is -2.15. The summed E-state index contributed by atoms with van der Waals surface area (Å²) >= 11 is 0. The van der Waals surface area contributed by atoms with Crippen molar-refractivity contribution in [3.63, 3.8) is 0 Å². The lowest BCUT2D eigenvalue weighted by molar-refractivity contribution is 0.657. The minimum atomic E-state index is 0.409. The van der Waals surface area contributed by atoms with Crippen LogP contribution < -0.4 is 0 Å². The van der Waals surface area contributed by atoms with Crippen LogP contribution in [0.3, 0.4) is 0 Å². The van der Waals surface area contributed by atoms with Crippen LogP contribution in [0.1, 0.15) is 72.1 Å². The van der Waals surface area contributed by atoms with Crippen molar-refractivity contribution in [1.29, 1.82) is 0 Å². The third-order valence-electron chi connectivity index (χ3n) is 3.10. The van der Waals surface area contributed by atoms with Gasteiger partial charge in [-0.1, -0.05) is 59.3 Å². The molecule has 15 heavy (non-hydrogen) atoms. The van der Waals surface area contributed by atoms with E-state index < -0.39 is 0 Å². The fourth-order valence-corrected chi connectivity index (χ4v) is 4.15. The van der Waals surface area contributed by atoms with Gasteiger partial charge in [-0.15, -0.1) is 7.92 Å². The predicted molar refractivity (Wildman–Crippen MR) is 75.5 cm³/mol. The fourth-order valence-electron chi connectivity index (χ4n) is 1.95. The summed E-state index contributed by atoms with van der Waals surface area (Å²) in [6.45, 7) is 6.99. The van der Waals surface area contributed by atoms with Gasteiger partial charge in [-0.3, -0.25) is 0 Å². The molecule has 0 heterocycles. The van der Waals surface area contributed by atoms with E-state index in [2.05, 4.69) is 20.8 Å². The first-order valence-corrected chi connectivity index (χ1v) is 8.97. The van der Waals surface area contributed by atoms with Crippen LogP contribution in [-0.2, 0) is 0 Å². The number of rotatable bonds is 11. The van der Waals surface area contributed by atoms with Gasteiger partial charge in [0.15, 0.2) is 0 Å². The van der Waals surface area contributed by atoms with Crippen LogP contribution in [0.2, 0.25) is 0 Å². The predicted octanol–water partition coefficient (Wildman–Crippen LogP) is 5.65. The molecule has 1 atom stereocenters. The Kier molecular flexibility index (Phi) is 12.9. The molecular formula is C14H31P. The van der Waals surface area contributed by atoms with Crippen LogP contribution in [-0.4, -0.2) is 18.5 Å². The molecule has 1 heteroatoms. The van der Waals surface area contributed by atoms with Crippen LogP contribution in [0, 0.1) is 0 Å². The SMILES string of the molecule is CCCCCCCP(CC)CCCCC. The maximum atomic E-state index is 2.39. The van der Waals surface area contributed by atoms with E-state index >= 15 is 0 Å². The summed E-state index contributed by atoms with van der Waals surface area (Å²) in [5, 5.41) is 0. The molecular weight excluding hydrogens is 199 g/mol. The van der Waals surface area contributed by atoms with Crippen molar-refractivity contribution >= 4 is 7.92 Å². The Morgan fingerprint density at radius 3 is 1.60 bits per heavy atom. The van der Waals surface area contributed by atoms with Crippen molar-refractivity contribution < 1.29 is 0 Å². The third-order valence-corrected chi connectivity index (χ3v) is 5.89. The quantitative estimate of drug-likeness (QED) is 0.318. The molecule has 0 rings (SSSR count). The van der Waals surface area contributed by atoms with E-state index in [0.717, 1.165) is 0 Å². The van der Waals surface area contributed by atoms with Gasteiger partial charge in [0.1, 0.15) is 0 Å². The molecule has 0 aliphatic heterocycles. The maximum absolute atomic E-state index is 2.39. The second-order valence-corrected chi connectivity index (χ2v) is 7.42. The summed E-state index contributed by atoms with van der Waals surface area (Å²) in [7, 11) is 0.409. The molecule has 0 spiro atoms. The van der Waals surface area contributed by atoms with Gasteiger partial charge in [-0.2, -0.15) is 0 Å². The maximum Gasteiger partial charge on any atom is -0.0326 e. The summed E-state index contributed by atoms with van der Waals surface area (Å²) in [5.41, 5.74) is 0. The van der Waals surface area contributed by atoms with Crippen molar-refractivity contribution in [2.75, 3.05) is 18.5 Å². The van der Waals surface area contributed by atoms with E-state index in [1.807, 2.05) is 0 Å². The molecule has 0 N–H and O–H groups in total. The Bertz CT molecular complexity index is 112. The highest BCUT2D eigenvalue weighted by Gasteiger charge is 2.04. The van der Waals surface area contributed by atoms with Crippen LogP contribution in [0.4, 0.5) is 0 Å². The molecule has 0 radical (unpaired) electrons. The van der Waals surface area contributed by atoms with Gasteiger partial charge in [0.2, 0.25) is 0 Å². The van der Waals surface area contributed by atoms with Gasteiger partial charge in [0, 0.05) is 0 Å². The molecule has 92 valence electrons. The second-order valence-electron chi connectivity index (χ2n) is 4.56. The van der Waals surface area contributed by atoms with Gasteiger partial charge in [0.05, 0.1) is 0 Å². The minimum Gasteiger partial charge on any atom is -0.107 e. The first kappa shape index (κ1) is 15.4. The second kappa shape index (κ2) is 12.5. The largest absolute Gasteiger partial charge is 0.107 e. The molecule has 0 aromatic carbocycles.